The van der Waals surface area contributed by atoms with Gasteiger partial charge in [-0.2, -0.15) is 0 Å². The maximum absolute atomic E-state index is 12.0. The molecule has 0 fully saturated rings. The molecule has 0 saturated heterocycles. The second-order valence-electron chi connectivity index (χ2n) is 7.93. The lowest BCUT2D eigenvalue weighted by molar-refractivity contribution is -0.144. The third-order valence-corrected chi connectivity index (χ3v) is 5.41. The van der Waals surface area contributed by atoms with E-state index in [9.17, 15) is 15.0 Å². The van der Waals surface area contributed by atoms with E-state index in [1.807, 2.05) is 0 Å². The van der Waals surface area contributed by atoms with Crippen molar-refractivity contribution in [2.24, 2.45) is 5.92 Å². The summed E-state index contributed by atoms with van der Waals surface area (Å²) >= 11 is 0. The number of benzene rings is 1. The second-order valence-corrected chi connectivity index (χ2v) is 7.93. The highest BCUT2D eigenvalue weighted by atomic mass is 16.5. The van der Waals surface area contributed by atoms with Crippen LogP contribution in [-0.4, -0.2) is 22.8 Å². The van der Waals surface area contributed by atoms with Gasteiger partial charge in [-0.15, -0.1) is 0 Å². The molecular formula is C24H40O4. The third-order valence-electron chi connectivity index (χ3n) is 5.41. The van der Waals surface area contributed by atoms with Crippen LogP contribution in [0.5, 0.6) is 11.5 Å². The monoisotopic (exact) mass is 392 g/mol. The molecule has 4 heteroatoms. The predicted octanol–water partition coefficient (Wildman–Crippen LogP) is 6.52. The Bertz CT molecular complexity index is 541. The number of esters is 1. The van der Waals surface area contributed by atoms with E-state index in [0.717, 1.165) is 12.8 Å². The summed E-state index contributed by atoms with van der Waals surface area (Å²) in [6.45, 7) is 4.87. The summed E-state index contributed by atoms with van der Waals surface area (Å²) in [6.07, 6.45) is 15.6. The molecule has 1 aromatic carbocycles. The first kappa shape index (κ1) is 24.3. The van der Waals surface area contributed by atoms with Crippen molar-refractivity contribution >= 4 is 5.97 Å². The molecule has 0 aliphatic heterocycles. The Labute approximate surface area is 171 Å². The minimum atomic E-state index is -0.286. The summed E-state index contributed by atoms with van der Waals surface area (Å²) in [5.41, 5.74) is 0.642. The SMILES string of the molecule is CCCCCCCCCCCCC(CC)COC(=O)Cc1ccc(O)c(O)c1. The van der Waals surface area contributed by atoms with E-state index in [0.29, 0.717) is 18.1 Å². The molecule has 28 heavy (non-hydrogen) atoms. The van der Waals surface area contributed by atoms with Gasteiger partial charge in [0.25, 0.3) is 0 Å². The van der Waals surface area contributed by atoms with Gasteiger partial charge in [0.05, 0.1) is 13.0 Å². The molecule has 160 valence electrons. The predicted molar refractivity (Wildman–Crippen MR) is 115 cm³/mol. The molecule has 2 N–H and O–H groups in total. The quantitative estimate of drug-likeness (QED) is 0.191. The lowest BCUT2D eigenvalue weighted by Crippen LogP contribution is -2.15. The molecule has 0 aliphatic carbocycles. The topological polar surface area (TPSA) is 66.8 Å². The first-order chi connectivity index (χ1) is 13.6. The molecule has 0 radical (unpaired) electrons. The normalized spacial score (nSPS) is 12.1. The van der Waals surface area contributed by atoms with Crippen LogP contribution in [0.4, 0.5) is 0 Å². The number of unbranched alkanes of at least 4 members (excludes halogenated alkanes) is 9. The van der Waals surface area contributed by atoms with Gasteiger partial charge in [0.2, 0.25) is 0 Å². The number of carbonyl (C=O) groups is 1. The van der Waals surface area contributed by atoms with Crippen molar-refractivity contribution in [3.05, 3.63) is 23.8 Å². The Kier molecular flexibility index (Phi) is 13.2. The van der Waals surface area contributed by atoms with E-state index in [4.69, 9.17) is 4.74 Å². The number of carbonyl (C=O) groups excluding carboxylic acids is 1. The Hall–Kier alpha value is -1.71. The number of rotatable bonds is 16. The molecule has 1 atom stereocenters. The van der Waals surface area contributed by atoms with E-state index >= 15 is 0 Å². The lowest BCUT2D eigenvalue weighted by atomic mass is 9.98. The third kappa shape index (κ3) is 11.2. The van der Waals surface area contributed by atoms with Crippen LogP contribution in [0.1, 0.15) is 96.5 Å². The van der Waals surface area contributed by atoms with Crippen LogP contribution in [-0.2, 0) is 16.0 Å². The van der Waals surface area contributed by atoms with Crippen molar-refractivity contribution in [3.8, 4) is 11.5 Å². The van der Waals surface area contributed by atoms with E-state index < -0.39 is 0 Å². The van der Waals surface area contributed by atoms with Crippen LogP contribution in [0.3, 0.4) is 0 Å². The minimum Gasteiger partial charge on any atom is -0.504 e. The van der Waals surface area contributed by atoms with Crippen molar-refractivity contribution < 1.29 is 19.7 Å². The Balaban J connectivity index is 2.09. The molecule has 1 rings (SSSR count). The number of phenolic OH excluding ortho intramolecular Hbond substituents is 2. The first-order valence-corrected chi connectivity index (χ1v) is 11.2. The maximum atomic E-state index is 12.0. The number of hydrogen-bond acceptors (Lipinski definition) is 4. The summed E-state index contributed by atoms with van der Waals surface area (Å²) in [6, 6.07) is 4.41. The minimum absolute atomic E-state index is 0.114. The zero-order valence-corrected chi connectivity index (χ0v) is 17.9. The summed E-state index contributed by atoms with van der Waals surface area (Å²) < 4.78 is 5.43. The largest absolute Gasteiger partial charge is 0.504 e. The van der Waals surface area contributed by atoms with Crippen molar-refractivity contribution in [2.45, 2.75) is 97.3 Å². The highest BCUT2D eigenvalue weighted by Crippen LogP contribution is 2.25. The Morgan fingerprint density at radius 1 is 0.893 bits per heavy atom. The van der Waals surface area contributed by atoms with Crippen LogP contribution in [0.15, 0.2) is 18.2 Å². The van der Waals surface area contributed by atoms with Gasteiger partial charge in [0.1, 0.15) is 0 Å². The van der Waals surface area contributed by atoms with E-state index in [1.165, 1.54) is 76.3 Å². The molecule has 0 heterocycles. The van der Waals surface area contributed by atoms with Gasteiger partial charge in [-0.3, -0.25) is 4.79 Å². The second kappa shape index (κ2) is 15.2. The van der Waals surface area contributed by atoms with Crippen LogP contribution in [0.2, 0.25) is 0 Å². The van der Waals surface area contributed by atoms with E-state index in [-0.39, 0.29) is 23.9 Å². The van der Waals surface area contributed by atoms with Gasteiger partial charge in [-0.05, 0) is 30.0 Å². The Morgan fingerprint density at radius 2 is 1.50 bits per heavy atom. The van der Waals surface area contributed by atoms with Crippen molar-refractivity contribution in [1.29, 1.82) is 0 Å². The van der Waals surface area contributed by atoms with Crippen LogP contribution < -0.4 is 0 Å². The number of phenols is 2. The van der Waals surface area contributed by atoms with Gasteiger partial charge >= 0.3 is 5.97 Å². The molecule has 4 nitrogen and oxygen atoms in total. The summed E-state index contributed by atoms with van der Waals surface area (Å²) in [5, 5.41) is 18.8. The molecule has 1 aromatic rings. The van der Waals surface area contributed by atoms with Crippen LogP contribution >= 0.6 is 0 Å². The standard InChI is InChI=1S/C24H40O4/c1-3-5-6-7-8-9-10-11-12-13-14-20(4-2)19-28-24(27)18-21-15-16-22(25)23(26)17-21/h15-17,20,25-26H,3-14,18-19H2,1-2H3. The average molecular weight is 393 g/mol. The van der Waals surface area contributed by atoms with Gasteiger partial charge in [-0.1, -0.05) is 90.5 Å². The average Bonchev–Trinajstić information content (AvgIpc) is 2.68. The molecule has 0 aromatic heterocycles. The highest BCUT2D eigenvalue weighted by Gasteiger charge is 2.12. The van der Waals surface area contributed by atoms with Gasteiger partial charge in [-0.25, -0.2) is 0 Å². The molecular weight excluding hydrogens is 352 g/mol. The molecule has 0 amide bonds. The zero-order chi connectivity index (χ0) is 20.6. The molecule has 0 bridgehead atoms. The summed E-state index contributed by atoms with van der Waals surface area (Å²) in [4.78, 5) is 12.0. The molecule has 1 unspecified atom stereocenters. The van der Waals surface area contributed by atoms with Crippen molar-refractivity contribution in [3.63, 3.8) is 0 Å². The fraction of sp³-hybridized carbons (Fsp3) is 0.708. The maximum Gasteiger partial charge on any atom is 0.310 e. The van der Waals surface area contributed by atoms with Crippen LogP contribution in [0, 0.1) is 5.92 Å². The fourth-order valence-corrected chi connectivity index (χ4v) is 3.43. The van der Waals surface area contributed by atoms with Gasteiger partial charge < -0.3 is 14.9 Å². The number of ether oxygens (including phenoxy) is 1. The van der Waals surface area contributed by atoms with E-state index in [1.54, 1.807) is 6.07 Å². The fourth-order valence-electron chi connectivity index (χ4n) is 3.43. The molecule has 0 aliphatic rings. The zero-order valence-electron chi connectivity index (χ0n) is 17.9. The smallest absolute Gasteiger partial charge is 0.310 e. The number of hydrogen-bond donors (Lipinski definition) is 2. The molecule has 0 spiro atoms. The van der Waals surface area contributed by atoms with Gasteiger partial charge in [0.15, 0.2) is 11.5 Å². The van der Waals surface area contributed by atoms with Crippen LogP contribution in [0.25, 0.3) is 0 Å². The van der Waals surface area contributed by atoms with Gasteiger partial charge in [0, 0.05) is 0 Å². The summed E-state index contributed by atoms with van der Waals surface area (Å²) in [5.74, 6) is -0.254. The molecule has 0 saturated carbocycles. The number of aromatic hydroxyl groups is 2. The first-order valence-electron chi connectivity index (χ1n) is 11.2. The van der Waals surface area contributed by atoms with Crippen molar-refractivity contribution in [2.75, 3.05) is 6.61 Å². The van der Waals surface area contributed by atoms with Crippen molar-refractivity contribution in [1.82, 2.24) is 0 Å². The summed E-state index contributed by atoms with van der Waals surface area (Å²) in [7, 11) is 0. The lowest BCUT2D eigenvalue weighted by Gasteiger charge is -2.15. The highest BCUT2D eigenvalue weighted by molar-refractivity contribution is 5.72. The van der Waals surface area contributed by atoms with E-state index in [2.05, 4.69) is 13.8 Å². The Morgan fingerprint density at radius 3 is 2.07 bits per heavy atom.